The normalized spacial score (nSPS) is 10.5. The van der Waals surface area contributed by atoms with Crippen LogP contribution in [0.2, 0.25) is 0 Å². The number of nitrogens with two attached hydrogens (primary N) is 1. The average Bonchev–Trinajstić information content (AvgIpc) is 2.50. The van der Waals surface area contributed by atoms with Gasteiger partial charge in [0.15, 0.2) is 0 Å². The first-order chi connectivity index (χ1) is 7.09. The lowest BCUT2D eigenvalue weighted by molar-refractivity contribution is 0.436. The molecule has 0 saturated carbocycles. The topological polar surface area (TPSA) is 72.3 Å². The van der Waals surface area contributed by atoms with Gasteiger partial charge >= 0.3 is 0 Å². The predicted octanol–water partition coefficient (Wildman–Crippen LogP) is 2.25. The molecule has 1 aromatic heterocycles. The van der Waals surface area contributed by atoms with Gasteiger partial charge in [0.05, 0.1) is 11.8 Å². The number of aromatic nitrogens is 1. The zero-order valence-electron chi connectivity index (χ0n) is 8.61. The van der Waals surface area contributed by atoms with Gasteiger partial charge in [-0.3, -0.25) is 0 Å². The van der Waals surface area contributed by atoms with Gasteiger partial charge in [-0.1, -0.05) is 5.16 Å². The summed E-state index contributed by atoms with van der Waals surface area (Å²) in [6, 6.07) is 3.38. The highest BCUT2D eigenvalue weighted by atomic mass is 16.5. The van der Waals surface area contributed by atoms with Gasteiger partial charge < -0.3 is 15.4 Å². The zero-order chi connectivity index (χ0) is 11.0. The molecule has 0 amide bonds. The highest BCUT2D eigenvalue weighted by molar-refractivity contribution is 5.77. The largest absolute Gasteiger partial charge is 0.508 e. The van der Waals surface area contributed by atoms with Crippen LogP contribution in [0.4, 0.5) is 5.88 Å². The van der Waals surface area contributed by atoms with E-state index in [9.17, 15) is 5.11 Å². The lowest BCUT2D eigenvalue weighted by Crippen LogP contribution is -1.90. The monoisotopic (exact) mass is 204 g/mol. The van der Waals surface area contributed by atoms with Gasteiger partial charge in [-0.25, -0.2) is 0 Å². The van der Waals surface area contributed by atoms with Crippen LogP contribution in [-0.2, 0) is 0 Å². The average molecular weight is 204 g/mol. The highest BCUT2D eigenvalue weighted by Crippen LogP contribution is 2.33. The van der Waals surface area contributed by atoms with E-state index in [4.69, 9.17) is 10.3 Å². The molecule has 0 unspecified atom stereocenters. The molecular weight excluding hydrogens is 192 g/mol. The van der Waals surface area contributed by atoms with Crippen LogP contribution < -0.4 is 5.73 Å². The number of hydrogen-bond acceptors (Lipinski definition) is 4. The van der Waals surface area contributed by atoms with E-state index >= 15 is 0 Å². The molecule has 2 rings (SSSR count). The molecule has 15 heavy (non-hydrogen) atoms. The number of rotatable bonds is 1. The van der Waals surface area contributed by atoms with E-state index in [-0.39, 0.29) is 5.75 Å². The Labute approximate surface area is 87.3 Å². The van der Waals surface area contributed by atoms with E-state index in [0.717, 1.165) is 22.3 Å². The molecule has 0 spiro atoms. The number of aromatic hydroxyl groups is 1. The van der Waals surface area contributed by atoms with Crippen molar-refractivity contribution in [2.75, 3.05) is 5.73 Å². The van der Waals surface area contributed by atoms with E-state index in [1.807, 2.05) is 13.8 Å². The third kappa shape index (κ3) is 1.54. The quantitative estimate of drug-likeness (QED) is 0.747. The third-order valence-corrected chi connectivity index (χ3v) is 2.39. The van der Waals surface area contributed by atoms with Gasteiger partial charge in [-0.15, -0.1) is 0 Å². The number of hydrogen-bond donors (Lipinski definition) is 2. The first-order valence-electron chi connectivity index (χ1n) is 4.60. The summed E-state index contributed by atoms with van der Waals surface area (Å²) >= 11 is 0. The summed E-state index contributed by atoms with van der Waals surface area (Å²) in [6.45, 7) is 3.82. The summed E-state index contributed by atoms with van der Waals surface area (Å²) < 4.78 is 4.82. The molecule has 0 radical (unpaired) electrons. The van der Waals surface area contributed by atoms with Crippen LogP contribution in [0.15, 0.2) is 22.9 Å². The molecule has 0 bridgehead atoms. The van der Waals surface area contributed by atoms with Crippen LogP contribution >= 0.6 is 0 Å². The van der Waals surface area contributed by atoms with Crippen LogP contribution in [0.5, 0.6) is 5.75 Å². The fourth-order valence-electron chi connectivity index (χ4n) is 1.80. The first-order valence-corrected chi connectivity index (χ1v) is 4.60. The van der Waals surface area contributed by atoms with Crippen LogP contribution in [0.1, 0.15) is 11.1 Å². The molecule has 0 atom stereocenters. The van der Waals surface area contributed by atoms with Crippen LogP contribution in [-0.4, -0.2) is 10.3 Å². The summed E-state index contributed by atoms with van der Waals surface area (Å²) in [5, 5.41) is 13.1. The molecule has 0 aliphatic heterocycles. The second kappa shape index (κ2) is 3.31. The van der Waals surface area contributed by atoms with Crippen LogP contribution in [0, 0.1) is 13.8 Å². The number of anilines is 1. The number of nitrogen functional groups attached to an aromatic ring is 1. The molecular formula is C11H12N2O2. The number of benzene rings is 1. The summed E-state index contributed by atoms with van der Waals surface area (Å²) in [4.78, 5) is 0. The maximum Gasteiger partial charge on any atom is 0.229 e. The minimum Gasteiger partial charge on any atom is -0.508 e. The van der Waals surface area contributed by atoms with Crippen LogP contribution in [0.3, 0.4) is 0 Å². The molecule has 0 fully saturated rings. The smallest absolute Gasteiger partial charge is 0.229 e. The van der Waals surface area contributed by atoms with Crippen molar-refractivity contribution >= 4 is 5.88 Å². The molecule has 78 valence electrons. The van der Waals surface area contributed by atoms with Crippen molar-refractivity contribution in [1.82, 2.24) is 5.16 Å². The fourth-order valence-corrected chi connectivity index (χ4v) is 1.80. The maximum absolute atomic E-state index is 9.41. The summed E-state index contributed by atoms with van der Waals surface area (Å²) in [7, 11) is 0. The Kier molecular flexibility index (Phi) is 2.11. The molecule has 0 aliphatic rings. The van der Waals surface area contributed by atoms with Gasteiger partial charge in [0.1, 0.15) is 5.75 Å². The summed E-state index contributed by atoms with van der Waals surface area (Å²) in [5.74, 6) is 0.552. The highest BCUT2D eigenvalue weighted by Gasteiger charge is 2.13. The van der Waals surface area contributed by atoms with E-state index in [1.165, 1.54) is 0 Å². The lowest BCUT2D eigenvalue weighted by atomic mass is 9.97. The Hall–Kier alpha value is -1.97. The molecule has 4 heteroatoms. The lowest BCUT2D eigenvalue weighted by Gasteiger charge is -2.08. The summed E-state index contributed by atoms with van der Waals surface area (Å²) in [6.07, 6.45) is 1.59. The maximum atomic E-state index is 9.41. The van der Waals surface area contributed by atoms with Gasteiger partial charge in [0, 0.05) is 0 Å². The SMILES string of the molecule is Cc1cc(O)cc(C)c1-c1cnoc1N. The molecule has 0 saturated heterocycles. The van der Waals surface area contributed by atoms with Crippen LogP contribution in [0.25, 0.3) is 11.1 Å². The van der Waals surface area contributed by atoms with Crippen molar-refractivity contribution in [3.63, 3.8) is 0 Å². The second-order valence-corrected chi connectivity index (χ2v) is 3.56. The number of phenolic OH excluding ortho intramolecular Hbond substituents is 1. The van der Waals surface area contributed by atoms with Crippen molar-refractivity contribution in [3.05, 3.63) is 29.5 Å². The Balaban J connectivity index is 2.68. The van der Waals surface area contributed by atoms with E-state index < -0.39 is 0 Å². The first kappa shape index (κ1) is 9.58. The Morgan fingerprint density at radius 1 is 1.27 bits per heavy atom. The van der Waals surface area contributed by atoms with Gasteiger partial charge in [-0.05, 0) is 42.7 Å². The van der Waals surface area contributed by atoms with Gasteiger partial charge in [0.25, 0.3) is 0 Å². The fraction of sp³-hybridized carbons (Fsp3) is 0.182. The standard InChI is InChI=1S/C11H12N2O2/c1-6-3-8(14)4-7(2)10(6)9-5-13-15-11(9)12/h3-5,14H,12H2,1-2H3. The molecule has 1 heterocycles. The Bertz CT molecular complexity index is 480. The van der Waals surface area contributed by atoms with E-state index in [0.29, 0.717) is 5.88 Å². The molecule has 2 aromatic rings. The van der Waals surface area contributed by atoms with E-state index in [1.54, 1.807) is 18.3 Å². The van der Waals surface area contributed by atoms with Crippen molar-refractivity contribution < 1.29 is 9.63 Å². The minimum absolute atomic E-state index is 0.253. The van der Waals surface area contributed by atoms with Crippen molar-refractivity contribution in [2.24, 2.45) is 0 Å². The summed E-state index contributed by atoms with van der Waals surface area (Å²) in [5.41, 5.74) is 9.28. The van der Waals surface area contributed by atoms with Crippen molar-refractivity contribution in [1.29, 1.82) is 0 Å². The van der Waals surface area contributed by atoms with Gasteiger partial charge in [0.2, 0.25) is 5.88 Å². The minimum atomic E-state index is 0.253. The van der Waals surface area contributed by atoms with Gasteiger partial charge in [-0.2, -0.15) is 0 Å². The second-order valence-electron chi connectivity index (χ2n) is 3.56. The number of nitrogens with zero attached hydrogens (tertiary/aromatic N) is 1. The Morgan fingerprint density at radius 3 is 2.33 bits per heavy atom. The molecule has 4 nitrogen and oxygen atoms in total. The molecule has 1 aromatic carbocycles. The molecule has 0 aliphatic carbocycles. The number of aryl methyl sites for hydroxylation is 2. The number of phenols is 1. The predicted molar refractivity (Wildman–Crippen MR) is 57.5 cm³/mol. The third-order valence-electron chi connectivity index (χ3n) is 2.39. The Morgan fingerprint density at radius 2 is 1.87 bits per heavy atom. The van der Waals surface area contributed by atoms with E-state index in [2.05, 4.69) is 5.16 Å². The zero-order valence-corrected chi connectivity index (χ0v) is 8.61. The molecule has 3 N–H and O–H groups in total. The van der Waals surface area contributed by atoms with Crippen molar-refractivity contribution in [2.45, 2.75) is 13.8 Å². The van der Waals surface area contributed by atoms with Crippen molar-refractivity contribution in [3.8, 4) is 16.9 Å².